The molecular weight excluding hydrogens is 466 g/mol. The molecule has 0 spiro atoms. The topological polar surface area (TPSA) is 147 Å². The summed E-state index contributed by atoms with van der Waals surface area (Å²) >= 11 is 8.09. The van der Waals surface area contributed by atoms with Crippen LogP contribution < -0.4 is 11.1 Å². The van der Waals surface area contributed by atoms with Crippen molar-refractivity contribution in [3.63, 3.8) is 0 Å². The summed E-state index contributed by atoms with van der Waals surface area (Å²) in [6.07, 6.45) is -1.03. The minimum Gasteiger partial charge on any atom is -0.394 e. The lowest BCUT2D eigenvalue weighted by molar-refractivity contribution is 0.0292. The third kappa shape index (κ3) is 5.72. The van der Waals surface area contributed by atoms with Crippen LogP contribution in [0.1, 0.15) is 24.0 Å². The maximum atomic E-state index is 9.78. The van der Waals surface area contributed by atoms with E-state index in [0.29, 0.717) is 41.5 Å². The molecule has 0 fully saturated rings. The monoisotopic (exact) mass is 491 g/mol. The number of nitrogens with zero attached hydrogens (tertiary/aromatic N) is 3. The Morgan fingerprint density at radius 2 is 2.00 bits per heavy atom. The van der Waals surface area contributed by atoms with E-state index in [9.17, 15) is 10.2 Å². The number of hydrogen-bond donors (Lipinski definition) is 5. The number of ether oxygens (including phenoxy) is 1. The largest absolute Gasteiger partial charge is 0.394 e. The van der Waals surface area contributed by atoms with Crippen LogP contribution in [-0.4, -0.2) is 61.5 Å². The molecule has 0 amide bonds. The third-order valence-electron chi connectivity index (χ3n) is 5.29. The van der Waals surface area contributed by atoms with Gasteiger partial charge in [-0.05, 0) is 40.9 Å². The first-order valence-corrected chi connectivity index (χ1v) is 12.0. The van der Waals surface area contributed by atoms with Crippen molar-refractivity contribution in [3.05, 3.63) is 40.4 Å². The smallest absolute Gasteiger partial charge is 0.224 e. The Labute approximate surface area is 200 Å². The van der Waals surface area contributed by atoms with Gasteiger partial charge in [0.15, 0.2) is 11.0 Å². The molecule has 11 heteroatoms. The fraction of sp³-hybridized carbons (Fsp3) is 0.409. The average Bonchev–Trinajstić information content (AvgIpc) is 2.78. The van der Waals surface area contributed by atoms with E-state index in [1.807, 2.05) is 24.3 Å². The molecule has 0 saturated heterocycles. The zero-order chi connectivity index (χ0) is 23.4. The molecule has 3 aromatic rings. The molecule has 33 heavy (non-hydrogen) atoms. The quantitative estimate of drug-likeness (QED) is 0.162. The van der Waals surface area contributed by atoms with Crippen molar-refractivity contribution in [2.45, 2.75) is 43.5 Å². The van der Waals surface area contributed by atoms with E-state index in [0.717, 1.165) is 33.9 Å². The van der Waals surface area contributed by atoms with Gasteiger partial charge in [0, 0.05) is 17.7 Å². The second-order valence-electron chi connectivity index (χ2n) is 7.77. The Balaban J connectivity index is 1.48. The van der Waals surface area contributed by atoms with E-state index in [1.165, 1.54) is 11.8 Å². The van der Waals surface area contributed by atoms with Crippen molar-refractivity contribution >= 4 is 40.1 Å². The number of nitrogens with two attached hydrogens (primary N) is 1. The molecule has 0 aliphatic carbocycles. The number of aromatic nitrogens is 3. The lowest BCUT2D eigenvalue weighted by atomic mass is 9.94. The fourth-order valence-electron chi connectivity index (χ4n) is 3.81. The number of nitrogens with one attached hydrogen (secondary N) is 1. The zero-order valence-corrected chi connectivity index (χ0v) is 19.4. The normalized spacial score (nSPS) is 15.0. The van der Waals surface area contributed by atoms with Crippen LogP contribution in [-0.2, 0) is 18.0 Å². The number of anilines is 1. The molecule has 0 saturated carbocycles. The highest BCUT2D eigenvalue weighted by molar-refractivity contribution is 7.99. The van der Waals surface area contributed by atoms with Crippen molar-refractivity contribution in [2.75, 3.05) is 24.6 Å². The molecule has 2 aromatic carbocycles. The van der Waals surface area contributed by atoms with E-state index in [-0.39, 0.29) is 19.0 Å². The molecule has 4 rings (SSSR count). The van der Waals surface area contributed by atoms with Gasteiger partial charge in [0.25, 0.3) is 0 Å². The lowest BCUT2D eigenvalue weighted by Gasteiger charge is -2.20. The van der Waals surface area contributed by atoms with Crippen LogP contribution >= 0.6 is 23.4 Å². The minimum atomic E-state index is -0.942. The molecule has 6 N–H and O–H groups in total. The van der Waals surface area contributed by atoms with Crippen LogP contribution in [0.25, 0.3) is 22.2 Å². The summed E-state index contributed by atoms with van der Waals surface area (Å²) in [5.41, 5.74) is 8.86. The standard InChI is InChI=1S/C22H26ClN5O4S/c23-16-7-13-11-32-10-12-3-1-4-15(18(12)13)19(16)20-26-21(24)28-22(27-20)33-6-2-5-25-17(31)8-14(30)9-29/h1,3-4,7,14,17,25,29-31H,2,5-6,8-11H2,(H2,24,26,27,28). The van der Waals surface area contributed by atoms with Crippen molar-refractivity contribution in [1.29, 1.82) is 0 Å². The first-order valence-electron chi connectivity index (χ1n) is 10.6. The number of nitrogen functional groups attached to an aromatic ring is 1. The van der Waals surface area contributed by atoms with Crippen LogP contribution in [0.4, 0.5) is 5.95 Å². The summed E-state index contributed by atoms with van der Waals surface area (Å²) in [5.74, 6) is 1.23. The van der Waals surface area contributed by atoms with Gasteiger partial charge in [0.2, 0.25) is 5.95 Å². The molecule has 2 heterocycles. The molecular formula is C22H26ClN5O4S. The van der Waals surface area contributed by atoms with Crippen LogP contribution in [0, 0.1) is 0 Å². The van der Waals surface area contributed by atoms with Gasteiger partial charge in [-0.3, -0.25) is 5.32 Å². The van der Waals surface area contributed by atoms with Crippen molar-refractivity contribution in [3.8, 4) is 11.4 Å². The van der Waals surface area contributed by atoms with Gasteiger partial charge >= 0.3 is 0 Å². The number of aliphatic hydroxyl groups is 3. The van der Waals surface area contributed by atoms with Gasteiger partial charge in [-0.1, -0.05) is 41.6 Å². The Bertz CT molecular complexity index is 1140. The van der Waals surface area contributed by atoms with Gasteiger partial charge in [-0.15, -0.1) is 0 Å². The summed E-state index contributed by atoms with van der Waals surface area (Å²) in [7, 11) is 0. The second-order valence-corrected chi connectivity index (χ2v) is 9.24. The van der Waals surface area contributed by atoms with E-state index >= 15 is 0 Å². The maximum Gasteiger partial charge on any atom is 0.224 e. The van der Waals surface area contributed by atoms with E-state index in [4.69, 9.17) is 27.2 Å². The van der Waals surface area contributed by atoms with Gasteiger partial charge in [-0.2, -0.15) is 9.97 Å². The van der Waals surface area contributed by atoms with Gasteiger partial charge < -0.3 is 25.8 Å². The Hall–Kier alpha value is -2.05. The highest BCUT2D eigenvalue weighted by atomic mass is 35.5. The Morgan fingerprint density at radius 1 is 1.18 bits per heavy atom. The number of rotatable bonds is 10. The predicted molar refractivity (Wildman–Crippen MR) is 128 cm³/mol. The number of halogens is 1. The number of aliphatic hydroxyl groups excluding tert-OH is 3. The molecule has 0 radical (unpaired) electrons. The van der Waals surface area contributed by atoms with Crippen LogP contribution in [0.15, 0.2) is 29.4 Å². The molecule has 1 aliphatic rings. The number of thioether (sulfide) groups is 1. The van der Waals surface area contributed by atoms with Crippen LogP contribution in [0.5, 0.6) is 0 Å². The number of benzene rings is 2. The molecule has 1 aliphatic heterocycles. The zero-order valence-electron chi connectivity index (χ0n) is 17.9. The first-order chi connectivity index (χ1) is 16.0. The van der Waals surface area contributed by atoms with Crippen molar-refractivity contribution < 1.29 is 20.1 Å². The first kappa shape index (κ1) is 24.1. The Morgan fingerprint density at radius 3 is 2.82 bits per heavy atom. The summed E-state index contributed by atoms with van der Waals surface area (Å²) < 4.78 is 5.66. The van der Waals surface area contributed by atoms with Crippen LogP contribution in [0.2, 0.25) is 5.02 Å². The summed E-state index contributed by atoms with van der Waals surface area (Å²) in [6.45, 7) is 1.21. The third-order valence-corrected chi connectivity index (χ3v) is 6.52. The highest BCUT2D eigenvalue weighted by Crippen LogP contribution is 2.39. The average molecular weight is 492 g/mol. The van der Waals surface area contributed by atoms with Gasteiger partial charge in [-0.25, -0.2) is 4.98 Å². The molecule has 176 valence electrons. The maximum absolute atomic E-state index is 9.78. The van der Waals surface area contributed by atoms with Gasteiger partial charge in [0.1, 0.15) is 6.23 Å². The Kier molecular flexibility index (Phi) is 7.97. The molecule has 2 atom stereocenters. The molecule has 0 bridgehead atoms. The van der Waals surface area contributed by atoms with Gasteiger partial charge in [0.05, 0.1) is 30.9 Å². The van der Waals surface area contributed by atoms with E-state index < -0.39 is 12.3 Å². The highest BCUT2D eigenvalue weighted by Gasteiger charge is 2.21. The lowest BCUT2D eigenvalue weighted by Crippen LogP contribution is -2.34. The fourth-order valence-corrected chi connectivity index (χ4v) is 4.91. The van der Waals surface area contributed by atoms with E-state index in [1.54, 1.807) is 0 Å². The SMILES string of the molecule is Nc1nc(SCCCNC(O)CC(O)CO)nc(-c2c(Cl)cc3c4c(cccc24)COC3)n1. The summed E-state index contributed by atoms with van der Waals surface area (Å²) in [6, 6.07) is 7.92. The summed E-state index contributed by atoms with van der Waals surface area (Å²) in [5, 5.41) is 34.0. The predicted octanol–water partition coefficient (Wildman–Crippen LogP) is 2.09. The van der Waals surface area contributed by atoms with Crippen LogP contribution in [0.3, 0.4) is 0 Å². The minimum absolute atomic E-state index is 0.0678. The second kappa shape index (κ2) is 10.9. The van der Waals surface area contributed by atoms with E-state index in [2.05, 4.69) is 20.3 Å². The summed E-state index contributed by atoms with van der Waals surface area (Å²) in [4.78, 5) is 13.2. The number of hydrogen-bond acceptors (Lipinski definition) is 10. The molecule has 1 aromatic heterocycles. The van der Waals surface area contributed by atoms with Crippen molar-refractivity contribution in [2.24, 2.45) is 0 Å². The molecule has 2 unspecified atom stereocenters. The van der Waals surface area contributed by atoms with Crippen molar-refractivity contribution in [1.82, 2.24) is 20.3 Å². The molecule has 9 nitrogen and oxygen atoms in total.